The molecule has 3 aliphatic heterocycles. The molecule has 8 aromatic rings. The van der Waals surface area contributed by atoms with E-state index < -0.39 is 29.4 Å². The molecule has 0 amide bonds. The zero-order chi connectivity index (χ0) is 47.5. The molecule has 0 radical (unpaired) electrons. The molecule has 2 aromatic heterocycles. The van der Waals surface area contributed by atoms with Gasteiger partial charge in [0, 0.05) is 28.7 Å². The minimum Gasteiger partial charge on any atom is -0.392 e. The molecule has 3 aliphatic rings. The highest BCUT2D eigenvalue weighted by Gasteiger charge is 2.69. The second kappa shape index (κ2) is 13.9. The van der Waals surface area contributed by atoms with E-state index in [1.54, 1.807) is 0 Å². The van der Waals surface area contributed by atoms with Gasteiger partial charge in [-0.25, -0.2) is 0 Å². The molecule has 1 atom stereocenters. The molecule has 1 spiro atoms. The summed E-state index contributed by atoms with van der Waals surface area (Å²) in [6.45, 7) is 22.2. The van der Waals surface area contributed by atoms with E-state index in [-0.39, 0.29) is 5.41 Å². The standard InChI is InChI=1S/C59H59N3O/c1-34(2)41-29-47(37(7)8)56-50(30-41)57-61(43-25-23-39(24-26-43)53-44(35(3)4)19-15-20-45(53)36(5)6)51-22-16-21-46-48-32-42(58(9,10)11)33-49-52-31-40(38-17-13-12-14-18-38)27-28-60(52)59(63-56,54(48)49)62(57)55(46)51/h12-37H,1-11H3/q+2/i34D,35D,36D,37D. The van der Waals surface area contributed by atoms with Crippen LogP contribution in [0.15, 0.2) is 134 Å². The molecule has 0 aliphatic carbocycles. The Balaban J connectivity index is 1.29. The Morgan fingerprint density at radius 2 is 1.25 bits per heavy atom. The van der Waals surface area contributed by atoms with Crippen molar-refractivity contribution in [2.45, 2.75) is 111 Å². The number of aromatic nitrogens is 3. The van der Waals surface area contributed by atoms with Gasteiger partial charge in [-0.15, -0.1) is 9.13 Å². The van der Waals surface area contributed by atoms with Crippen LogP contribution in [-0.2, 0) is 11.3 Å². The smallest absolute Gasteiger partial charge is 0.392 e. The van der Waals surface area contributed by atoms with Gasteiger partial charge in [0.1, 0.15) is 16.8 Å². The topological polar surface area (TPSA) is 21.9 Å². The summed E-state index contributed by atoms with van der Waals surface area (Å²) in [7, 11) is 0. The van der Waals surface area contributed by atoms with Gasteiger partial charge in [0.05, 0.1) is 5.56 Å². The van der Waals surface area contributed by atoms with Crippen molar-refractivity contribution < 1.29 is 19.4 Å². The molecule has 0 bridgehead atoms. The first-order chi connectivity index (χ1) is 31.4. The maximum Gasteiger partial charge on any atom is 0.499 e. The van der Waals surface area contributed by atoms with Crippen LogP contribution in [0.1, 0.15) is 139 Å². The van der Waals surface area contributed by atoms with Crippen molar-refractivity contribution in [3.8, 4) is 67.5 Å². The summed E-state index contributed by atoms with van der Waals surface area (Å²) in [5, 5.41) is 0. The lowest BCUT2D eigenvalue weighted by Gasteiger charge is -2.34. The number of para-hydroxylation sites is 1. The van der Waals surface area contributed by atoms with Gasteiger partial charge in [0.2, 0.25) is 5.69 Å². The van der Waals surface area contributed by atoms with Crippen LogP contribution in [0.3, 0.4) is 0 Å². The van der Waals surface area contributed by atoms with Crippen LogP contribution in [-0.4, -0.2) is 4.57 Å². The van der Waals surface area contributed by atoms with Crippen LogP contribution in [0.4, 0.5) is 0 Å². The van der Waals surface area contributed by atoms with E-state index in [9.17, 15) is 5.48 Å². The van der Waals surface area contributed by atoms with Crippen LogP contribution in [0, 0.1) is 0 Å². The summed E-state index contributed by atoms with van der Waals surface area (Å²) in [4.78, 5) is 0. The molecule has 4 nitrogen and oxygen atoms in total. The molecule has 6 aromatic carbocycles. The molecule has 0 saturated carbocycles. The number of ether oxygens (including phenoxy) is 1. The van der Waals surface area contributed by atoms with Crippen LogP contribution in [0.5, 0.6) is 5.75 Å². The summed E-state index contributed by atoms with van der Waals surface area (Å²) < 4.78 is 52.5. The Morgan fingerprint density at radius 3 is 1.90 bits per heavy atom. The first-order valence-corrected chi connectivity index (χ1v) is 22.4. The Bertz CT molecular complexity index is 3360. The van der Waals surface area contributed by atoms with Gasteiger partial charge in [-0.2, -0.15) is 4.57 Å². The van der Waals surface area contributed by atoms with Gasteiger partial charge < -0.3 is 4.74 Å². The number of nitrogens with zero attached hydrogens (tertiary/aromatic N) is 3. The minimum absolute atomic E-state index is 0.159. The Labute approximate surface area is 379 Å². The van der Waals surface area contributed by atoms with Gasteiger partial charge in [-0.05, 0) is 122 Å². The summed E-state index contributed by atoms with van der Waals surface area (Å²) in [5.74, 6) is -3.53. The predicted molar refractivity (Wildman–Crippen MR) is 259 cm³/mol. The maximum atomic E-state index is 9.74. The maximum absolute atomic E-state index is 9.74. The van der Waals surface area contributed by atoms with E-state index in [2.05, 4.69) is 144 Å². The SMILES string of the molecule is [2H]C(C)(C)c1cc2c(c(C([2H])(C)C)c1)OC13c4c(cc(C(C)(C)C)cc4-c4cc(-c5ccccc5)cc[n+]41)-c1cccc4c1[n+]3c-2n4-c1ccc(-c2c(C([2H])(C)C)cccc2C([2H])(C)C)cc1. The van der Waals surface area contributed by atoms with E-state index >= 15 is 0 Å². The first-order valence-electron chi connectivity index (χ1n) is 24.4. The monoisotopic (exact) mass is 829 g/mol. The van der Waals surface area contributed by atoms with Gasteiger partial charge in [-0.1, -0.05) is 149 Å². The van der Waals surface area contributed by atoms with E-state index in [1.807, 2.05) is 79.7 Å². The molecule has 63 heavy (non-hydrogen) atoms. The number of benzene rings is 6. The summed E-state index contributed by atoms with van der Waals surface area (Å²) in [5.41, 5.74) is 17.8. The van der Waals surface area contributed by atoms with Crippen LogP contribution in [0.2, 0.25) is 0 Å². The molecule has 4 heteroatoms. The van der Waals surface area contributed by atoms with E-state index in [0.717, 1.165) is 101 Å². The quantitative estimate of drug-likeness (QED) is 0.147. The molecule has 0 N–H and O–H groups in total. The molecule has 314 valence electrons. The van der Waals surface area contributed by atoms with E-state index in [1.165, 1.54) is 5.56 Å². The van der Waals surface area contributed by atoms with E-state index in [4.69, 9.17) is 4.74 Å². The Hall–Kier alpha value is -6.26. The highest BCUT2D eigenvalue weighted by Crippen LogP contribution is 2.56. The highest BCUT2D eigenvalue weighted by molar-refractivity contribution is 5.98. The molecule has 0 fully saturated rings. The third-order valence-corrected chi connectivity index (χ3v) is 13.7. The van der Waals surface area contributed by atoms with Crippen LogP contribution in [0.25, 0.3) is 72.7 Å². The largest absolute Gasteiger partial charge is 0.499 e. The second-order valence-corrected chi connectivity index (χ2v) is 19.8. The zero-order valence-corrected chi connectivity index (χ0v) is 38.5. The third-order valence-electron chi connectivity index (χ3n) is 13.7. The number of hydrogen-bond donors (Lipinski definition) is 0. The molecule has 1 unspecified atom stereocenters. The lowest BCUT2D eigenvalue weighted by Crippen LogP contribution is -2.78. The molecule has 11 rings (SSSR count). The highest BCUT2D eigenvalue weighted by atomic mass is 16.5. The van der Waals surface area contributed by atoms with Crippen molar-refractivity contribution in [1.29, 1.82) is 0 Å². The number of imidazole rings is 1. The number of rotatable bonds is 7. The molecular weight excluding hydrogens is 767 g/mol. The lowest BCUT2D eigenvalue weighted by molar-refractivity contribution is -0.997. The zero-order valence-electron chi connectivity index (χ0n) is 42.5. The normalized spacial score (nSPS) is 17.3. The Kier molecular flexibility index (Phi) is 7.76. The third kappa shape index (κ3) is 5.59. The minimum atomic E-state index is -1.23. The lowest BCUT2D eigenvalue weighted by atomic mass is 9.80. The van der Waals surface area contributed by atoms with Gasteiger partial charge in [-0.3, -0.25) is 0 Å². The fourth-order valence-corrected chi connectivity index (χ4v) is 10.6. The van der Waals surface area contributed by atoms with Crippen molar-refractivity contribution in [2.24, 2.45) is 0 Å². The average Bonchev–Trinajstić information content (AvgIpc) is 3.76. The van der Waals surface area contributed by atoms with Crippen molar-refractivity contribution in [1.82, 2.24) is 4.57 Å². The van der Waals surface area contributed by atoms with Gasteiger partial charge in [0.25, 0.3) is 0 Å². The summed E-state index contributed by atoms with van der Waals surface area (Å²) in [6.07, 6.45) is 2.19. The van der Waals surface area contributed by atoms with Crippen LogP contribution < -0.4 is 13.9 Å². The molecular formula is C59H59N3O+2. The second-order valence-electron chi connectivity index (χ2n) is 19.8. The number of pyridine rings is 1. The number of fused-ring (bicyclic) bond motifs is 5. The summed E-state index contributed by atoms with van der Waals surface area (Å²) in [6, 6.07) is 45.2. The van der Waals surface area contributed by atoms with Crippen molar-refractivity contribution in [3.63, 3.8) is 0 Å². The van der Waals surface area contributed by atoms with Crippen molar-refractivity contribution in [3.05, 3.63) is 167 Å². The van der Waals surface area contributed by atoms with Gasteiger partial charge in [0.15, 0.2) is 23.0 Å². The van der Waals surface area contributed by atoms with Crippen LogP contribution >= 0.6 is 0 Å². The van der Waals surface area contributed by atoms with Crippen molar-refractivity contribution in [2.75, 3.05) is 0 Å². The fourth-order valence-electron chi connectivity index (χ4n) is 10.6. The van der Waals surface area contributed by atoms with Gasteiger partial charge >= 0.3 is 11.7 Å². The Morgan fingerprint density at radius 1 is 0.587 bits per heavy atom. The average molecular weight is 830 g/mol. The van der Waals surface area contributed by atoms with E-state index in [0.29, 0.717) is 5.75 Å². The first kappa shape index (κ1) is 35.2. The predicted octanol–water partition coefficient (Wildman–Crippen LogP) is 14.6. The fraction of sp³-hybridized carbons (Fsp3) is 0.288. The molecule has 0 saturated heterocycles. The summed E-state index contributed by atoms with van der Waals surface area (Å²) >= 11 is 0. The van der Waals surface area contributed by atoms with Crippen molar-refractivity contribution >= 4 is 11.0 Å². The molecule has 5 heterocycles. The number of hydrogen-bond acceptors (Lipinski definition) is 1.